The summed E-state index contributed by atoms with van der Waals surface area (Å²) in [5.74, 6) is 1.80. The van der Waals surface area contributed by atoms with E-state index in [1.165, 1.54) is 16.7 Å². The van der Waals surface area contributed by atoms with E-state index < -0.39 is 0 Å². The average molecular weight is 353 g/mol. The highest BCUT2D eigenvalue weighted by Crippen LogP contribution is 2.48. The minimum absolute atomic E-state index is 0.149. The molecule has 26 heavy (non-hydrogen) atoms. The van der Waals surface area contributed by atoms with Gasteiger partial charge in [-0.25, -0.2) is 0 Å². The quantitative estimate of drug-likeness (QED) is 0.848. The molecular weight excluding hydrogens is 326 g/mol. The van der Waals surface area contributed by atoms with Gasteiger partial charge in [0.15, 0.2) is 0 Å². The summed E-state index contributed by atoms with van der Waals surface area (Å²) in [5, 5.41) is 4.22. The van der Waals surface area contributed by atoms with Crippen molar-refractivity contribution in [3.63, 3.8) is 0 Å². The molecule has 0 spiro atoms. The van der Waals surface area contributed by atoms with E-state index in [4.69, 9.17) is 4.74 Å². The maximum absolute atomic E-state index is 12.8. The van der Waals surface area contributed by atoms with Crippen molar-refractivity contribution >= 4 is 5.91 Å². The van der Waals surface area contributed by atoms with Gasteiger partial charge in [-0.15, -0.1) is 0 Å². The second kappa shape index (κ2) is 6.78. The van der Waals surface area contributed by atoms with Gasteiger partial charge in [0.25, 0.3) is 0 Å². The molecule has 5 heteroatoms. The fourth-order valence-corrected chi connectivity index (χ4v) is 3.91. The second-order valence-electron chi connectivity index (χ2n) is 7.81. The van der Waals surface area contributed by atoms with Crippen LogP contribution in [0.3, 0.4) is 0 Å². The van der Waals surface area contributed by atoms with E-state index in [9.17, 15) is 4.79 Å². The minimum atomic E-state index is 0.149. The molecule has 2 unspecified atom stereocenters. The summed E-state index contributed by atoms with van der Waals surface area (Å²) >= 11 is 0. The van der Waals surface area contributed by atoms with Crippen LogP contribution in [0.25, 0.3) is 0 Å². The Morgan fingerprint density at radius 3 is 2.69 bits per heavy atom. The normalized spacial score (nSPS) is 23.1. The molecule has 2 aromatic rings. The van der Waals surface area contributed by atoms with E-state index in [0.29, 0.717) is 11.8 Å². The molecule has 5 nitrogen and oxygen atoms in total. The zero-order chi connectivity index (χ0) is 18.3. The van der Waals surface area contributed by atoms with Crippen molar-refractivity contribution in [2.75, 3.05) is 13.1 Å². The number of piperidine rings is 1. The third kappa shape index (κ3) is 3.48. The van der Waals surface area contributed by atoms with Crippen LogP contribution in [0.1, 0.15) is 41.9 Å². The Bertz CT molecular complexity index is 805. The number of ether oxygens (including phenoxy) is 1. The molecule has 0 N–H and O–H groups in total. The van der Waals surface area contributed by atoms with Crippen LogP contribution in [-0.2, 0) is 11.8 Å². The zero-order valence-electron chi connectivity index (χ0n) is 15.8. The molecule has 1 amide bonds. The van der Waals surface area contributed by atoms with E-state index in [1.54, 1.807) is 0 Å². The summed E-state index contributed by atoms with van der Waals surface area (Å²) in [6, 6.07) is 6.32. The van der Waals surface area contributed by atoms with Gasteiger partial charge < -0.3 is 9.64 Å². The molecule has 2 heterocycles. The van der Waals surface area contributed by atoms with Gasteiger partial charge in [0.05, 0.1) is 6.20 Å². The molecule has 4 rings (SSSR count). The number of carbonyl (C=O) groups excluding carboxylic acids is 1. The summed E-state index contributed by atoms with van der Waals surface area (Å²) in [5.41, 5.74) is 3.58. The van der Waals surface area contributed by atoms with Crippen LogP contribution < -0.4 is 4.74 Å². The van der Waals surface area contributed by atoms with Crippen LogP contribution in [0.5, 0.6) is 5.75 Å². The van der Waals surface area contributed by atoms with Crippen LogP contribution in [0.4, 0.5) is 0 Å². The molecule has 0 bridgehead atoms. The Kier molecular flexibility index (Phi) is 4.47. The first kappa shape index (κ1) is 17.1. The van der Waals surface area contributed by atoms with Crippen molar-refractivity contribution in [2.45, 2.75) is 45.1 Å². The molecule has 1 saturated carbocycles. The number of likely N-dealkylation sites (tertiary alicyclic amines) is 1. The lowest BCUT2D eigenvalue weighted by Gasteiger charge is -2.32. The molecule has 1 saturated heterocycles. The minimum Gasteiger partial charge on any atom is -0.490 e. The number of hydrogen-bond donors (Lipinski definition) is 0. The summed E-state index contributed by atoms with van der Waals surface area (Å²) in [6.07, 6.45) is 6.90. The van der Waals surface area contributed by atoms with Gasteiger partial charge in [0, 0.05) is 45.1 Å². The van der Waals surface area contributed by atoms with E-state index in [2.05, 4.69) is 37.1 Å². The van der Waals surface area contributed by atoms with Crippen molar-refractivity contribution in [3.8, 4) is 5.75 Å². The van der Waals surface area contributed by atoms with Gasteiger partial charge in [-0.3, -0.25) is 9.48 Å². The Balaban J connectivity index is 1.30. The molecule has 2 fully saturated rings. The highest BCUT2D eigenvalue weighted by atomic mass is 16.5. The Labute approximate surface area is 154 Å². The van der Waals surface area contributed by atoms with Gasteiger partial charge in [-0.2, -0.15) is 5.10 Å². The molecule has 138 valence electrons. The maximum atomic E-state index is 12.8. The summed E-state index contributed by atoms with van der Waals surface area (Å²) in [4.78, 5) is 14.8. The molecule has 2 atom stereocenters. The monoisotopic (exact) mass is 353 g/mol. The maximum Gasteiger partial charge on any atom is 0.226 e. The molecule has 2 aliphatic rings. The molecular formula is C21H27N3O2. The lowest BCUT2D eigenvalue weighted by atomic mass is 10.1. The fourth-order valence-electron chi connectivity index (χ4n) is 3.91. The number of hydrogen-bond acceptors (Lipinski definition) is 3. The zero-order valence-corrected chi connectivity index (χ0v) is 15.8. The van der Waals surface area contributed by atoms with E-state index in [1.807, 2.05) is 29.0 Å². The van der Waals surface area contributed by atoms with E-state index in [0.717, 1.165) is 38.1 Å². The van der Waals surface area contributed by atoms with Crippen LogP contribution >= 0.6 is 0 Å². The number of aryl methyl sites for hydroxylation is 3. The smallest absolute Gasteiger partial charge is 0.226 e. The first-order valence-electron chi connectivity index (χ1n) is 9.52. The summed E-state index contributed by atoms with van der Waals surface area (Å²) in [7, 11) is 1.92. The number of rotatable bonds is 4. The van der Waals surface area contributed by atoms with Crippen molar-refractivity contribution in [1.29, 1.82) is 0 Å². The standard InChI is InChI=1S/C21H27N3O2/c1-14-4-5-15(2)20(10-14)26-17-6-8-24(9-7-17)21(25)19-11-18(19)16-12-22-23(3)13-16/h4-5,10,12-13,17-19H,6-9,11H2,1-3H3. The van der Waals surface area contributed by atoms with Gasteiger partial charge in [0.1, 0.15) is 11.9 Å². The van der Waals surface area contributed by atoms with Crippen LogP contribution in [0, 0.1) is 19.8 Å². The number of amides is 1. The molecule has 1 aliphatic heterocycles. The second-order valence-corrected chi connectivity index (χ2v) is 7.81. The topological polar surface area (TPSA) is 47.4 Å². The SMILES string of the molecule is Cc1ccc(C)c(OC2CCN(C(=O)C3CC3c3cnn(C)c3)CC2)c1. The number of carbonyl (C=O) groups is 1. The van der Waals surface area contributed by atoms with Gasteiger partial charge in [0.2, 0.25) is 5.91 Å². The summed E-state index contributed by atoms with van der Waals surface area (Å²) in [6.45, 7) is 5.76. The van der Waals surface area contributed by atoms with Crippen molar-refractivity contribution in [2.24, 2.45) is 13.0 Å². The molecule has 0 radical (unpaired) electrons. The Morgan fingerprint density at radius 2 is 2.00 bits per heavy atom. The molecule has 1 aromatic carbocycles. The van der Waals surface area contributed by atoms with Gasteiger partial charge in [-0.1, -0.05) is 12.1 Å². The summed E-state index contributed by atoms with van der Waals surface area (Å²) < 4.78 is 8.03. The number of benzene rings is 1. The van der Waals surface area contributed by atoms with Crippen LogP contribution in [0.2, 0.25) is 0 Å². The lowest BCUT2D eigenvalue weighted by Crippen LogP contribution is -2.42. The fraction of sp³-hybridized carbons (Fsp3) is 0.524. The third-order valence-electron chi connectivity index (χ3n) is 5.65. The number of aromatic nitrogens is 2. The molecule has 1 aromatic heterocycles. The lowest BCUT2D eigenvalue weighted by molar-refractivity contribution is -0.134. The van der Waals surface area contributed by atoms with Crippen molar-refractivity contribution in [1.82, 2.24) is 14.7 Å². The first-order chi connectivity index (χ1) is 12.5. The highest BCUT2D eigenvalue weighted by molar-refractivity contribution is 5.83. The molecule has 1 aliphatic carbocycles. The van der Waals surface area contributed by atoms with E-state index >= 15 is 0 Å². The Morgan fingerprint density at radius 1 is 1.23 bits per heavy atom. The van der Waals surface area contributed by atoms with Gasteiger partial charge >= 0.3 is 0 Å². The van der Waals surface area contributed by atoms with Gasteiger partial charge in [-0.05, 0) is 48.9 Å². The van der Waals surface area contributed by atoms with Crippen molar-refractivity contribution < 1.29 is 9.53 Å². The predicted molar refractivity (Wildman–Crippen MR) is 100 cm³/mol. The van der Waals surface area contributed by atoms with Crippen molar-refractivity contribution in [3.05, 3.63) is 47.3 Å². The highest BCUT2D eigenvalue weighted by Gasteiger charge is 2.46. The van der Waals surface area contributed by atoms with Crippen LogP contribution in [0.15, 0.2) is 30.6 Å². The van der Waals surface area contributed by atoms with Crippen LogP contribution in [-0.4, -0.2) is 39.8 Å². The average Bonchev–Trinajstić information content (AvgIpc) is 3.32. The Hall–Kier alpha value is -2.30. The predicted octanol–water partition coefficient (Wildman–Crippen LogP) is 3.21. The largest absolute Gasteiger partial charge is 0.490 e. The number of nitrogens with zero attached hydrogens (tertiary/aromatic N) is 3. The third-order valence-corrected chi connectivity index (χ3v) is 5.65. The first-order valence-corrected chi connectivity index (χ1v) is 9.52. The van der Waals surface area contributed by atoms with E-state index in [-0.39, 0.29) is 12.0 Å².